The average molecular weight is 547 g/mol. The third-order valence-electron chi connectivity index (χ3n) is 7.93. The highest BCUT2D eigenvalue weighted by Crippen LogP contribution is 2.34. The second-order valence-corrected chi connectivity index (χ2v) is 10.4. The van der Waals surface area contributed by atoms with Gasteiger partial charge in [-0.1, -0.05) is 36.4 Å². The number of benzene rings is 2. The van der Waals surface area contributed by atoms with Crippen molar-refractivity contribution in [2.24, 2.45) is 5.92 Å². The van der Waals surface area contributed by atoms with E-state index in [0.717, 1.165) is 22.9 Å². The Morgan fingerprint density at radius 1 is 1.10 bits per heavy atom. The normalized spacial score (nSPS) is 21.5. The number of likely N-dealkylation sites (tertiary alicyclic amines) is 1. The summed E-state index contributed by atoms with van der Waals surface area (Å²) in [6, 6.07) is 15.2. The lowest BCUT2D eigenvalue weighted by Gasteiger charge is -2.28. The number of fused-ring (bicyclic) bond motifs is 1. The summed E-state index contributed by atoms with van der Waals surface area (Å²) in [6.45, 7) is 0.936. The van der Waals surface area contributed by atoms with Crippen molar-refractivity contribution in [1.29, 1.82) is 0 Å². The third-order valence-corrected chi connectivity index (χ3v) is 7.93. The summed E-state index contributed by atoms with van der Waals surface area (Å²) in [6.07, 6.45) is 1.96. The maximum Gasteiger partial charge on any atom is 0.328 e. The Balaban J connectivity index is 1.41. The lowest BCUT2D eigenvalue weighted by Crippen LogP contribution is -2.52. The lowest BCUT2D eigenvalue weighted by atomic mass is 9.91. The van der Waals surface area contributed by atoms with Gasteiger partial charge < -0.3 is 30.0 Å². The van der Waals surface area contributed by atoms with Crippen molar-refractivity contribution in [3.05, 3.63) is 65.9 Å². The summed E-state index contributed by atoms with van der Waals surface area (Å²) in [5, 5.41) is 6.40. The van der Waals surface area contributed by atoms with Gasteiger partial charge in [-0.05, 0) is 49.4 Å². The second-order valence-electron chi connectivity index (χ2n) is 10.4. The number of aromatic amines is 1. The average Bonchev–Trinajstić information content (AvgIpc) is 3.63. The van der Waals surface area contributed by atoms with Gasteiger partial charge in [-0.3, -0.25) is 14.4 Å². The molecule has 2 aromatic carbocycles. The zero-order valence-electron chi connectivity index (χ0n) is 22.6. The van der Waals surface area contributed by atoms with Gasteiger partial charge in [0, 0.05) is 35.8 Å². The molecule has 210 valence electrons. The molecule has 5 rings (SSSR count). The number of ether oxygens (including phenoxy) is 2. The van der Waals surface area contributed by atoms with Crippen LogP contribution in [0.15, 0.2) is 54.6 Å². The van der Waals surface area contributed by atoms with Crippen LogP contribution in [-0.2, 0) is 19.1 Å². The number of esters is 1. The van der Waals surface area contributed by atoms with E-state index in [4.69, 9.17) is 9.47 Å². The molecule has 0 radical (unpaired) electrons. The van der Waals surface area contributed by atoms with Crippen LogP contribution in [0.2, 0.25) is 0 Å². The highest BCUT2D eigenvalue weighted by molar-refractivity contribution is 6.02. The van der Waals surface area contributed by atoms with Crippen LogP contribution >= 0.6 is 0 Å². The molecular formula is C30H34N4O6. The van der Waals surface area contributed by atoms with E-state index in [1.165, 1.54) is 7.11 Å². The Morgan fingerprint density at radius 3 is 2.62 bits per heavy atom. The molecule has 4 atom stereocenters. The second kappa shape index (κ2) is 11.8. The van der Waals surface area contributed by atoms with Gasteiger partial charge in [0.25, 0.3) is 5.91 Å². The van der Waals surface area contributed by atoms with Crippen molar-refractivity contribution in [3.8, 4) is 5.75 Å². The van der Waals surface area contributed by atoms with Gasteiger partial charge in [0.1, 0.15) is 23.5 Å². The Hall–Kier alpha value is -4.34. The van der Waals surface area contributed by atoms with Gasteiger partial charge >= 0.3 is 5.97 Å². The maximum absolute atomic E-state index is 13.9. The Bertz CT molecular complexity index is 1400. The zero-order chi connectivity index (χ0) is 28.2. The summed E-state index contributed by atoms with van der Waals surface area (Å²) >= 11 is 0. The van der Waals surface area contributed by atoms with Crippen LogP contribution in [0.3, 0.4) is 0 Å². The molecule has 0 spiro atoms. The highest BCUT2D eigenvalue weighted by atomic mass is 16.5. The van der Waals surface area contributed by atoms with Gasteiger partial charge in [-0.25, -0.2) is 4.79 Å². The highest BCUT2D eigenvalue weighted by Gasteiger charge is 2.42. The Labute approximate surface area is 232 Å². The predicted molar refractivity (Wildman–Crippen MR) is 148 cm³/mol. The minimum absolute atomic E-state index is 0.0690. The van der Waals surface area contributed by atoms with Crippen molar-refractivity contribution in [3.63, 3.8) is 0 Å². The lowest BCUT2D eigenvalue weighted by molar-refractivity contribution is -0.146. The van der Waals surface area contributed by atoms with E-state index in [9.17, 15) is 19.2 Å². The van der Waals surface area contributed by atoms with Gasteiger partial charge in [0.2, 0.25) is 11.8 Å². The summed E-state index contributed by atoms with van der Waals surface area (Å²) < 4.78 is 10.4. The number of H-pyrrole nitrogens is 1. The SMILES string of the molecule is COC(=O)[C@H](C[C@@H]1CCCNC1=O)NC(=O)[C@@H]1C[C@@H](c2ccccc2)CN1C(=O)c1cc2c(OC)cccc2[nH]1. The molecule has 3 heterocycles. The summed E-state index contributed by atoms with van der Waals surface area (Å²) in [5.74, 6) is -1.36. The first-order valence-electron chi connectivity index (χ1n) is 13.6. The van der Waals surface area contributed by atoms with Crippen LogP contribution in [0.5, 0.6) is 5.75 Å². The molecule has 2 aliphatic rings. The number of carbonyl (C=O) groups excluding carboxylic acids is 4. The largest absolute Gasteiger partial charge is 0.496 e. The molecule has 40 heavy (non-hydrogen) atoms. The molecule has 2 aliphatic heterocycles. The Morgan fingerprint density at radius 2 is 1.90 bits per heavy atom. The molecule has 0 aliphatic carbocycles. The first kappa shape index (κ1) is 27.2. The number of hydrogen-bond acceptors (Lipinski definition) is 6. The van der Waals surface area contributed by atoms with Crippen LogP contribution in [0.1, 0.15) is 47.7 Å². The van der Waals surface area contributed by atoms with Crippen LogP contribution in [0, 0.1) is 5.92 Å². The van der Waals surface area contributed by atoms with Gasteiger partial charge in [0.15, 0.2) is 0 Å². The monoisotopic (exact) mass is 546 g/mol. The number of hydrogen-bond donors (Lipinski definition) is 3. The van der Waals surface area contributed by atoms with E-state index in [-0.39, 0.29) is 24.2 Å². The molecule has 3 N–H and O–H groups in total. The third kappa shape index (κ3) is 5.52. The molecule has 1 aromatic heterocycles. The molecule has 0 bridgehead atoms. The minimum atomic E-state index is -1.00. The van der Waals surface area contributed by atoms with Crippen molar-refractivity contribution in [2.75, 3.05) is 27.3 Å². The van der Waals surface area contributed by atoms with E-state index in [1.54, 1.807) is 18.1 Å². The van der Waals surface area contributed by atoms with Crippen LogP contribution < -0.4 is 15.4 Å². The van der Waals surface area contributed by atoms with E-state index in [1.807, 2.05) is 48.5 Å². The zero-order valence-corrected chi connectivity index (χ0v) is 22.6. The van der Waals surface area contributed by atoms with Crippen molar-refractivity contribution < 1.29 is 28.7 Å². The topological polar surface area (TPSA) is 130 Å². The molecule has 3 amide bonds. The molecule has 2 fully saturated rings. The number of methoxy groups -OCH3 is 2. The molecule has 0 unspecified atom stereocenters. The van der Waals surface area contributed by atoms with Gasteiger partial charge in [-0.2, -0.15) is 0 Å². The minimum Gasteiger partial charge on any atom is -0.496 e. The molecule has 10 nitrogen and oxygen atoms in total. The fraction of sp³-hybridized carbons (Fsp3) is 0.400. The van der Waals surface area contributed by atoms with Crippen LogP contribution in [0.25, 0.3) is 10.9 Å². The first-order valence-corrected chi connectivity index (χ1v) is 13.6. The van der Waals surface area contributed by atoms with E-state index in [2.05, 4.69) is 15.6 Å². The number of nitrogens with one attached hydrogen (secondary N) is 3. The summed E-state index contributed by atoms with van der Waals surface area (Å²) in [5.41, 5.74) is 2.12. The molecule has 2 saturated heterocycles. The van der Waals surface area contributed by atoms with E-state index < -0.39 is 29.9 Å². The van der Waals surface area contributed by atoms with Crippen molar-refractivity contribution in [2.45, 2.75) is 43.7 Å². The molecular weight excluding hydrogens is 512 g/mol. The van der Waals surface area contributed by atoms with Crippen molar-refractivity contribution in [1.82, 2.24) is 20.5 Å². The van der Waals surface area contributed by atoms with Crippen LogP contribution in [-0.4, -0.2) is 73.0 Å². The fourth-order valence-electron chi connectivity index (χ4n) is 5.82. The smallest absolute Gasteiger partial charge is 0.328 e. The molecule has 10 heteroatoms. The number of aromatic nitrogens is 1. The maximum atomic E-state index is 13.9. The fourth-order valence-corrected chi connectivity index (χ4v) is 5.82. The number of nitrogens with zero attached hydrogens (tertiary/aromatic N) is 1. The standard InChI is InChI=1S/C30H34N4O6/c1-39-26-12-6-11-22-21(26)16-23(32-22)29(37)34-17-20(18-8-4-3-5-9-18)15-25(34)28(36)33-24(30(38)40-2)14-19-10-7-13-31-27(19)35/h3-6,8-9,11-12,16,19-20,24-25,32H,7,10,13-15,17H2,1-2H3,(H,31,35)(H,33,36)/t19-,20+,24-,25-/m0/s1. The number of amides is 3. The van der Waals surface area contributed by atoms with E-state index in [0.29, 0.717) is 37.4 Å². The number of carbonyl (C=O) groups is 4. The number of piperidine rings is 1. The number of rotatable bonds is 8. The van der Waals surface area contributed by atoms with Crippen molar-refractivity contribution >= 4 is 34.6 Å². The van der Waals surface area contributed by atoms with Crippen LogP contribution in [0.4, 0.5) is 0 Å². The predicted octanol–water partition coefficient (Wildman–Crippen LogP) is 2.75. The van der Waals surface area contributed by atoms with E-state index >= 15 is 0 Å². The Kier molecular flexibility index (Phi) is 8.04. The van der Waals surface area contributed by atoms with Gasteiger partial charge in [0.05, 0.1) is 14.2 Å². The summed E-state index contributed by atoms with van der Waals surface area (Å²) in [7, 11) is 2.83. The summed E-state index contributed by atoms with van der Waals surface area (Å²) in [4.78, 5) is 57.4. The van der Waals surface area contributed by atoms with Gasteiger partial charge in [-0.15, -0.1) is 0 Å². The molecule has 0 saturated carbocycles. The first-order chi connectivity index (χ1) is 19.4. The molecule has 3 aromatic rings. The quantitative estimate of drug-likeness (QED) is 0.373.